The molecule has 0 radical (unpaired) electrons. The van der Waals surface area contributed by atoms with E-state index in [1.165, 1.54) is 19.4 Å². The maximum Gasteiger partial charge on any atom is 0.162 e. The Morgan fingerprint density at radius 2 is 1.95 bits per heavy atom. The molecule has 0 amide bonds. The van der Waals surface area contributed by atoms with Gasteiger partial charge in [-0.3, -0.25) is 0 Å². The maximum atomic E-state index is 6.14. The SMILES string of the molecule is COc1cc(N)c(N(C)CC2CCCN2C)cc1OC. The van der Waals surface area contributed by atoms with Crippen LogP contribution >= 0.6 is 0 Å². The first-order chi connectivity index (χ1) is 9.56. The van der Waals surface area contributed by atoms with Crippen LogP contribution < -0.4 is 20.1 Å². The van der Waals surface area contributed by atoms with Crippen molar-refractivity contribution in [2.75, 3.05) is 52.0 Å². The topological polar surface area (TPSA) is 51.0 Å². The Morgan fingerprint density at radius 1 is 1.30 bits per heavy atom. The molecule has 1 aliphatic heterocycles. The summed E-state index contributed by atoms with van der Waals surface area (Å²) in [6.45, 7) is 2.15. The van der Waals surface area contributed by atoms with Crippen molar-refractivity contribution in [3.63, 3.8) is 0 Å². The smallest absolute Gasteiger partial charge is 0.162 e. The van der Waals surface area contributed by atoms with E-state index in [0.717, 1.165) is 12.2 Å². The predicted octanol–water partition coefficient (Wildman–Crippen LogP) is 1.82. The van der Waals surface area contributed by atoms with Crippen molar-refractivity contribution < 1.29 is 9.47 Å². The van der Waals surface area contributed by atoms with Crippen LogP contribution in [0.2, 0.25) is 0 Å². The fourth-order valence-electron chi connectivity index (χ4n) is 2.84. The van der Waals surface area contributed by atoms with Crippen LogP contribution in [-0.2, 0) is 0 Å². The van der Waals surface area contributed by atoms with Crippen molar-refractivity contribution in [1.29, 1.82) is 0 Å². The van der Waals surface area contributed by atoms with Crippen molar-refractivity contribution in [2.45, 2.75) is 18.9 Å². The highest BCUT2D eigenvalue weighted by atomic mass is 16.5. The summed E-state index contributed by atoms with van der Waals surface area (Å²) >= 11 is 0. The third-order valence-electron chi connectivity index (χ3n) is 4.10. The minimum atomic E-state index is 0.590. The van der Waals surface area contributed by atoms with Gasteiger partial charge >= 0.3 is 0 Å². The van der Waals surface area contributed by atoms with Gasteiger partial charge in [0, 0.05) is 31.8 Å². The number of nitrogens with zero attached hydrogens (tertiary/aromatic N) is 2. The lowest BCUT2D eigenvalue weighted by Crippen LogP contribution is -2.36. The number of hydrogen-bond donors (Lipinski definition) is 1. The van der Waals surface area contributed by atoms with Crippen LogP contribution in [0.3, 0.4) is 0 Å². The van der Waals surface area contributed by atoms with Crippen LogP contribution in [0.4, 0.5) is 11.4 Å². The first-order valence-corrected chi connectivity index (χ1v) is 6.99. The van der Waals surface area contributed by atoms with E-state index < -0.39 is 0 Å². The number of rotatable bonds is 5. The summed E-state index contributed by atoms with van der Waals surface area (Å²) in [7, 11) is 7.52. The molecule has 20 heavy (non-hydrogen) atoms. The summed E-state index contributed by atoms with van der Waals surface area (Å²) in [4.78, 5) is 4.61. The molecule has 1 unspecified atom stereocenters. The average molecular weight is 279 g/mol. The molecule has 1 heterocycles. The molecule has 1 fully saturated rings. The number of ether oxygens (including phenoxy) is 2. The Kier molecular flexibility index (Phi) is 4.60. The Bertz CT molecular complexity index is 465. The standard InChI is InChI=1S/C15H25N3O2/c1-17-7-5-6-11(17)10-18(2)13-9-15(20-4)14(19-3)8-12(13)16/h8-9,11H,5-7,10,16H2,1-4H3. The third kappa shape index (κ3) is 2.93. The van der Waals surface area contributed by atoms with Gasteiger partial charge in [-0.05, 0) is 26.4 Å². The van der Waals surface area contributed by atoms with Crippen LogP contribution in [0.25, 0.3) is 0 Å². The summed E-state index contributed by atoms with van der Waals surface area (Å²) in [6, 6.07) is 4.36. The molecule has 1 aliphatic rings. The highest BCUT2D eigenvalue weighted by molar-refractivity contribution is 5.73. The van der Waals surface area contributed by atoms with Gasteiger partial charge in [-0.1, -0.05) is 0 Å². The lowest BCUT2D eigenvalue weighted by molar-refractivity contribution is 0.314. The van der Waals surface area contributed by atoms with Crippen molar-refractivity contribution in [1.82, 2.24) is 4.90 Å². The second-order valence-corrected chi connectivity index (χ2v) is 5.42. The largest absolute Gasteiger partial charge is 0.493 e. The minimum absolute atomic E-state index is 0.590. The first kappa shape index (κ1) is 14.8. The van der Waals surface area contributed by atoms with Crippen molar-refractivity contribution in [3.8, 4) is 11.5 Å². The van der Waals surface area contributed by atoms with E-state index in [1.54, 1.807) is 14.2 Å². The van der Waals surface area contributed by atoms with Crippen molar-refractivity contribution in [2.24, 2.45) is 0 Å². The maximum absolute atomic E-state index is 6.14. The number of hydrogen-bond acceptors (Lipinski definition) is 5. The van der Waals surface area contributed by atoms with E-state index in [1.807, 2.05) is 12.1 Å². The zero-order valence-electron chi connectivity index (χ0n) is 12.8. The van der Waals surface area contributed by atoms with E-state index in [-0.39, 0.29) is 0 Å². The van der Waals surface area contributed by atoms with Gasteiger partial charge in [-0.2, -0.15) is 0 Å². The lowest BCUT2D eigenvalue weighted by Gasteiger charge is -2.28. The van der Waals surface area contributed by atoms with E-state index in [4.69, 9.17) is 15.2 Å². The van der Waals surface area contributed by atoms with Gasteiger partial charge in [-0.15, -0.1) is 0 Å². The summed E-state index contributed by atoms with van der Waals surface area (Å²) in [5.41, 5.74) is 7.84. The molecule has 0 bridgehead atoms. The molecule has 0 saturated carbocycles. The Balaban J connectivity index is 2.18. The van der Waals surface area contributed by atoms with Gasteiger partial charge in [-0.25, -0.2) is 0 Å². The zero-order valence-corrected chi connectivity index (χ0v) is 12.8. The molecule has 5 nitrogen and oxygen atoms in total. The highest BCUT2D eigenvalue weighted by Gasteiger charge is 2.23. The molecule has 1 saturated heterocycles. The van der Waals surface area contributed by atoms with Gasteiger partial charge in [0.25, 0.3) is 0 Å². The second-order valence-electron chi connectivity index (χ2n) is 5.42. The molecule has 1 atom stereocenters. The molecule has 0 spiro atoms. The van der Waals surface area contributed by atoms with Gasteiger partial charge < -0.3 is 25.0 Å². The second kappa shape index (κ2) is 6.22. The third-order valence-corrected chi connectivity index (χ3v) is 4.10. The summed E-state index contributed by atoms with van der Waals surface area (Å²) in [5, 5.41) is 0. The summed E-state index contributed by atoms with van der Waals surface area (Å²) in [6.07, 6.45) is 2.52. The Hall–Kier alpha value is -1.62. The highest BCUT2D eigenvalue weighted by Crippen LogP contribution is 2.36. The zero-order chi connectivity index (χ0) is 14.7. The van der Waals surface area contributed by atoms with Gasteiger partial charge in [0.15, 0.2) is 11.5 Å². The normalized spacial score (nSPS) is 19.1. The number of nitrogens with two attached hydrogens (primary N) is 1. The number of anilines is 2. The molecular weight excluding hydrogens is 254 g/mol. The van der Waals surface area contributed by atoms with Crippen LogP contribution in [-0.4, -0.2) is 52.3 Å². The lowest BCUT2D eigenvalue weighted by atomic mass is 10.1. The number of benzene rings is 1. The Labute approximate surface area is 121 Å². The van der Waals surface area contributed by atoms with E-state index in [2.05, 4.69) is 23.9 Å². The van der Waals surface area contributed by atoms with E-state index in [0.29, 0.717) is 23.2 Å². The van der Waals surface area contributed by atoms with Crippen molar-refractivity contribution in [3.05, 3.63) is 12.1 Å². The van der Waals surface area contributed by atoms with Gasteiger partial charge in [0.1, 0.15) is 0 Å². The quantitative estimate of drug-likeness (QED) is 0.833. The summed E-state index contributed by atoms with van der Waals surface area (Å²) in [5.74, 6) is 1.38. The minimum Gasteiger partial charge on any atom is -0.493 e. The number of likely N-dealkylation sites (tertiary alicyclic amines) is 1. The van der Waals surface area contributed by atoms with Crippen LogP contribution in [0.15, 0.2) is 12.1 Å². The van der Waals surface area contributed by atoms with Gasteiger partial charge in [0.05, 0.1) is 25.6 Å². The predicted molar refractivity (Wildman–Crippen MR) is 82.9 cm³/mol. The van der Waals surface area contributed by atoms with Crippen molar-refractivity contribution >= 4 is 11.4 Å². The molecular formula is C15H25N3O2. The fraction of sp³-hybridized carbons (Fsp3) is 0.600. The summed E-state index contributed by atoms with van der Waals surface area (Å²) < 4.78 is 10.6. The molecule has 0 aliphatic carbocycles. The molecule has 1 aromatic rings. The monoisotopic (exact) mass is 279 g/mol. The molecule has 2 rings (SSSR count). The molecule has 1 aromatic carbocycles. The first-order valence-electron chi connectivity index (χ1n) is 6.99. The van der Waals surface area contributed by atoms with E-state index >= 15 is 0 Å². The number of nitrogen functional groups attached to an aromatic ring is 1. The fourth-order valence-corrected chi connectivity index (χ4v) is 2.84. The van der Waals surface area contributed by atoms with Crippen LogP contribution in [0.1, 0.15) is 12.8 Å². The molecule has 112 valence electrons. The number of methoxy groups -OCH3 is 2. The van der Waals surface area contributed by atoms with Gasteiger partial charge in [0.2, 0.25) is 0 Å². The van der Waals surface area contributed by atoms with E-state index in [9.17, 15) is 0 Å². The van der Waals surface area contributed by atoms with Crippen LogP contribution in [0.5, 0.6) is 11.5 Å². The number of likely N-dealkylation sites (N-methyl/N-ethyl adjacent to an activating group) is 2. The molecule has 5 heteroatoms. The molecule has 2 N–H and O–H groups in total. The average Bonchev–Trinajstić information content (AvgIpc) is 2.83. The Morgan fingerprint density at radius 3 is 2.50 bits per heavy atom. The molecule has 0 aromatic heterocycles. The van der Waals surface area contributed by atoms with Crippen LogP contribution in [0, 0.1) is 0 Å².